The van der Waals surface area contributed by atoms with E-state index >= 15 is 0 Å². The van der Waals surface area contributed by atoms with Crippen LogP contribution < -0.4 is 5.32 Å². The maximum Gasteiger partial charge on any atom is 0.341 e. The van der Waals surface area contributed by atoms with Crippen LogP contribution in [-0.4, -0.2) is 47.2 Å². The van der Waals surface area contributed by atoms with Crippen molar-refractivity contribution >= 4 is 45.7 Å². The summed E-state index contributed by atoms with van der Waals surface area (Å²) in [6.07, 6.45) is 4.49. The van der Waals surface area contributed by atoms with Gasteiger partial charge in [0.05, 0.1) is 28.7 Å². The molecule has 1 aliphatic heterocycles. The van der Waals surface area contributed by atoms with Crippen molar-refractivity contribution in [2.45, 2.75) is 32.1 Å². The van der Waals surface area contributed by atoms with Crippen LogP contribution in [0.4, 0.5) is 10.7 Å². The zero-order valence-electron chi connectivity index (χ0n) is 17.1. The molecule has 2 heterocycles. The third-order valence-electron chi connectivity index (χ3n) is 5.53. The van der Waals surface area contributed by atoms with Gasteiger partial charge in [-0.25, -0.2) is 4.79 Å². The molecule has 0 radical (unpaired) electrons. The lowest BCUT2D eigenvalue weighted by Crippen LogP contribution is -2.37. The molecule has 1 aromatic heterocycles. The number of fused-ring (bicyclic) bond motifs is 2. The highest BCUT2D eigenvalue weighted by Crippen LogP contribution is 2.38. The first-order valence-corrected chi connectivity index (χ1v) is 10.8. The van der Waals surface area contributed by atoms with E-state index in [1.165, 1.54) is 24.5 Å². The van der Waals surface area contributed by atoms with Gasteiger partial charge in [0.1, 0.15) is 11.5 Å². The van der Waals surface area contributed by atoms with Gasteiger partial charge in [-0.05, 0) is 37.3 Å². The minimum absolute atomic E-state index is 0.00601. The molecule has 4 rings (SSSR count). The number of esters is 1. The van der Waals surface area contributed by atoms with Gasteiger partial charge in [0.2, 0.25) is 5.91 Å². The summed E-state index contributed by atoms with van der Waals surface area (Å²) in [6, 6.07) is 3.37. The van der Waals surface area contributed by atoms with Crippen LogP contribution in [0.25, 0.3) is 0 Å². The van der Waals surface area contributed by atoms with Crippen LogP contribution in [0.1, 0.15) is 60.8 Å². The first kappa shape index (κ1) is 21.6. The van der Waals surface area contributed by atoms with Crippen molar-refractivity contribution in [2.75, 3.05) is 19.0 Å². The van der Waals surface area contributed by atoms with Crippen molar-refractivity contribution < 1.29 is 28.8 Å². The van der Waals surface area contributed by atoms with E-state index in [4.69, 9.17) is 4.74 Å². The van der Waals surface area contributed by atoms with E-state index in [1.807, 2.05) is 0 Å². The molecule has 0 fully saturated rings. The quantitative estimate of drug-likeness (QED) is 0.240. The number of hydrogen-bond acceptors (Lipinski definition) is 8. The van der Waals surface area contributed by atoms with Crippen molar-refractivity contribution in [2.24, 2.45) is 0 Å². The Morgan fingerprint density at radius 3 is 2.59 bits per heavy atom. The normalized spacial score (nSPS) is 15.1. The Hall–Kier alpha value is -3.60. The highest BCUT2D eigenvalue weighted by molar-refractivity contribution is 7.17. The number of methoxy groups -OCH3 is 1. The number of carbonyl (C=O) groups is 4. The predicted molar refractivity (Wildman–Crippen MR) is 114 cm³/mol. The standard InChI is InChI=1S/C21H19N3O7S/c1-31-21(28)17-13-5-3-2-4-6-15(13)32-18(17)22-16(25)10-23-19(26)12-8-7-11(24(29)30)9-14(12)20(23)27/h7-9H,2-6,10H2,1H3,(H,22,25). The lowest BCUT2D eigenvalue weighted by Gasteiger charge is -2.13. The first-order chi connectivity index (χ1) is 15.3. The molecule has 1 aromatic carbocycles. The summed E-state index contributed by atoms with van der Waals surface area (Å²) in [5.41, 5.74) is 0.768. The molecule has 1 N–H and O–H groups in total. The summed E-state index contributed by atoms with van der Waals surface area (Å²) >= 11 is 1.30. The van der Waals surface area contributed by atoms with Crippen LogP contribution in [0.2, 0.25) is 0 Å². The SMILES string of the molecule is COC(=O)c1c(NC(=O)CN2C(=O)c3ccc([N+](=O)[O-])cc3C2=O)sc2c1CCCCC2. The van der Waals surface area contributed by atoms with E-state index in [9.17, 15) is 29.3 Å². The Morgan fingerprint density at radius 2 is 1.88 bits per heavy atom. The van der Waals surface area contributed by atoms with Gasteiger partial charge in [-0.15, -0.1) is 11.3 Å². The number of benzene rings is 1. The van der Waals surface area contributed by atoms with Crippen molar-refractivity contribution in [3.8, 4) is 0 Å². The molecule has 2 aliphatic rings. The van der Waals surface area contributed by atoms with Crippen LogP contribution in [0.5, 0.6) is 0 Å². The summed E-state index contributed by atoms with van der Waals surface area (Å²) in [5.74, 6) is -2.69. The van der Waals surface area contributed by atoms with E-state index in [0.29, 0.717) is 17.0 Å². The van der Waals surface area contributed by atoms with Gasteiger partial charge in [-0.2, -0.15) is 0 Å². The third kappa shape index (κ3) is 3.75. The number of amides is 3. The second-order valence-electron chi connectivity index (χ2n) is 7.49. The fourth-order valence-electron chi connectivity index (χ4n) is 3.99. The fraction of sp³-hybridized carbons (Fsp3) is 0.333. The highest BCUT2D eigenvalue weighted by Gasteiger charge is 2.38. The Bertz CT molecular complexity index is 1170. The maximum atomic E-state index is 12.7. The minimum atomic E-state index is -0.779. The average Bonchev–Trinajstić information content (AvgIpc) is 3.10. The number of aryl methyl sites for hydroxylation is 1. The van der Waals surface area contributed by atoms with Gasteiger partial charge in [-0.3, -0.25) is 29.4 Å². The van der Waals surface area contributed by atoms with Crippen molar-refractivity contribution in [1.29, 1.82) is 0 Å². The van der Waals surface area contributed by atoms with Gasteiger partial charge in [0.25, 0.3) is 17.5 Å². The number of non-ortho nitro benzene ring substituents is 1. The Morgan fingerprint density at radius 1 is 1.16 bits per heavy atom. The topological polar surface area (TPSA) is 136 Å². The summed E-state index contributed by atoms with van der Waals surface area (Å²) < 4.78 is 4.91. The van der Waals surface area contributed by atoms with Crippen molar-refractivity contribution in [1.82, 2.24) is 4.90 Å². The molecule has 3 amide bonds. The monoisotopic (exact) mass is 457 g/mol. The second kappa shape index (κ2) is 8.50. The van der Waals surface area contributed by atoms with Gasteiger partial charge in [0, 0.05) is 17.0 Å². The van der Waals surface area contributed by atoms with Crippen LogP contribution in [0.3, 0.4) is 0 Å². The molecule has 0 saturated carbocycles. The number of ether oxygens (including phenoxy) is 1. The number of nitro groups is 1. The molecule has 0 atom stereocenters. The van der Waals surface area contributed by atoms with Crippen molar-refractivity contribution in [3.63, 3.8) is 0 Å². The Labute approximate surface area is 186 Å². The molecule has 0 spiro atoms. The van der Waals surface area contributed by atoms with Crippen LogP contribution in [0.15, 0.2) is 18.2 Å². The van der Waals surface area contributed by atoms with Gasteiger partial charge < -0.3 is 10.1 Å². The summed E-state index contributed by atoms with van der Waals surface area (Å²) in [7, 11) is 1.27. The maximum absolute atomic E-state index is 12.7. The van der Waals surface area contributed by atoms with E-state index in [0.717, 1.165) is 53.2 Å². The van der Waals surface area contributed by atoms with Gasteiger partial charge >= 0.3 is 5.97 Å². The molecule has 11 heteroatoms. The van der Waals surface area contributed by atoms with E-state index in [2.05, 4.69) is 5.32 Å². The minimum Gasteiger partial charge on any atom is -0.465 e. The van der Waals surface area contributed by atoms with Crippen molar-refractivity contribution in [3.05, 3.63) is 55.4 Å². The molecular formula is C21H19N3O7S. The molecule has 0 saturated heterocycles. The fourth-order valence-corrected chi connectivity index (χ4v) is 5.29. The number of nitrogens with zero attached hydrogens (tertiary/aromatic N) is 2. The molecule has 0 unspecified atom stereocenters. The average molecular weight is 457 g/mol. The Kier molecular flexibility index (Phi) is 5.74. The molecule has 10 nitrogen and oxygen atoms in total. The number of thiophene rings is 1. The van der Waals surface area contributed by atoms with Crippen LogP contribution in [-0.2, 0) is 22.4 Å². The molecule has 32 heavy (non-hydrogen) atoms. The zero-order valence-corrected chi connectivity index (χ0v) is 18.0. The van der Waals surface area contributed by atoms with Crippen LogP contribution in [0, 0.1) is 10.1 Å². The smallest absolute Gasteiger partial charge is 0.341 e. The number of rotatable bonds is 5. The molecule has 0 bridgehead atoms. The van der Waals surface area contributed by atoms with Gasteiger partial charge in [-0.1, -0.05) is 6.42 Å². The molecule has 2 aromatic rings. The summed E-state index contributed by atoms with van der Waals surface area (Å²) in [4.78, 5) is 62.4. The number of imide groups is 1. The summed E-state index contributed by atoms with van der Waals surface area (Å²) in [5, 5.41) is 13.9. The second-order valence-corrected chi connectivity index (χ2v) is 8.60. The molecular weight excluding hydrogens is 438 g/mol. The number of anilines is 1. The Balaban J connectivity index is 1.56. The number of carbonyl (C=O) groups excluding carboxylic acids is 4. The lowest BCUT2D eigenvalue weighted by molar-refractivity contribution is -0.384. The highest BCUT2D eigenvalue weighted by atomic mass is 32.1. The molecule has 1 aliphatic carbocycles. The molecule has 166 valence electrons. The van der Waals surface area contributed by atoms with Gasteiger partial charge in [0.15, 0.2) is 0 Å². The largest absolute Gasteiger partial charge is 0.465 e. The van der Waals surface area contributed by atoms with E-state index in [1.54, 1.807) is 0 Å². The first-order valence-electron chi connectivity index (χ1n) is 9.99. The zero-order chi connectivity index (χ0) is 23.0. The van der Waals surface area contributed by atoms with Crippen LogP contribution >= 0.6 is 11.3 Å². The van der Waals surface area contributed by atoms with E-state index < -0.39 is 35.2 Å². The number of nitro benzene ring substituents is 1. The predicted octanol–water partition coefficient (Wildman–Crippen LogP) is 2.95. The lowest BCUT2D eigenvalue weighted by atomic mass is 10.1. The third-order valence-corrected chi connectivity index (χ3v) is 6.74. The summed E-state index contributed by atoms with van der Waals surface area (Å²) in [6.45, 7) is -0.580. The number of hydrogen-bond donors (Lipinski definition) is 1. The number of nitrogens with one attached hydrogen (secondary N) is 1. The van der Waals surface area contributed by atoms with E-state index in [-0.39, 0.29) is 16.8 Å².